The number of anilines is 1. The topological polar surface area (TPSA) is 51.2 Å². The van der Waals surface area contributed by atoms with Gasteiger partial charge in [-0.25, -0.2) is 4.98 Å². The zero-order valence-electron chi connectivity index (χ0n) is 11.1. The first-order valence-electron chi connectivity index (χ1n) is 6.34. The molecule has 0 aliphatic heterocycles. The van der Waals surface area contributed by atoms with Crippen molar-refractivity contribution in [3.63, 3.8) is 0 Å². The van der Waals surface area contributed by atoms with E-state index in [4.69, 9.17) is 4.74 Å². The molecule has 0 aliphatic carbocycles. The molecule has 1 heterocycles. The van der Waals surface area contributed by atoms with Gasteiger partial charge in [-0.3, -0.25) is 4.79 Å². The van der Waals surface area contributed by atoms with Crippen LogP contribution in [-0.2, 0) is 11.2 Å². The Hall–Kier alpha value is -2.62. The molecule has 0 unspecified atom stereocenters. The highest BCUT2D eigenvalue weighted by Gasteiger charge is 2.00. The van der Waals surface area contributed by atoms with Gasteiger partial charge in [0.15, 0.2) is 0 Å². The summed E-state index contributed by atoms with van der Waals surface area (Å²) in [5, 5.41) is 2.63. The second kappa shape index (κ2) is 7.09. The van der Waals surface area contributed by atoms with Crippen LogP contribution in [0, 0.1) is 0 Å². The molecule has 1 aromatic carbocycles. The zero-order valence-corrected chi connectivity index (χ0v) is 11.1. The molecular weight excluding hydrogens is 252 g/mol. The van der Waals surface area contributed by atoms with Crippen molar-refractivity contribution in [2.24, 2.45) is 0 Å². The molecule has 4 nitrogen and oxygen atoms in total. The van der Waals surface area contributed by atoms with Crippen LogP contribution in [0.2, 0.25) is 0 Å². The molecule has 0 spiro atoms. The fourth-order valence-electron chi connectivity index (χ4n) is 1.65. The van der Waals surface area contributed by atoms with E-state index >= 15 is 0 Å². The molecule has 2 aromatic rings. The molecule has 0 fully saturated rings. The molecule has 4 heteroatoms. The number of nitrogens with zero attached hydrogens (tertiary/aromatic N) is 1. The third-order valence-corrected chi connectivity index (χ3v) is 2.67. The second-order valence-electron chi connectivity index (χ2n) is 4.16. The lowest BCUT2D eigenvalue weighted by molar-refractivity contribution is -0.111. The number of nitrogens with one attached hydrogen (secondary N) is 1. The van der Waals surface area contributed by atoms with Crippen molar-refractivity contribution in [3.05, 3.63) is 66.9 Å². The number of benzene rings is 1. The summed E-state index contributed by atoms with van der Waals surface area (Å²) in [4.78, 5) is 15.2. The Labute approximate surface area is 118 Å². The summed E-state index contributed by atoms with van der Waals surface area (Å²) in [6.07, 6.45) is 3.60. The minimum absolute atomic E-state index is 0.260. The van der Waals surface area contributed by atoms with Gasteiger partial charge in [-0.2, -0.15) is 0 Å². The maximum Gasteiger partial charge on any atom is 0.247 e. The fourth-order valence-corrected chi connectivity index (χ4v) is 1.65. The molecule has 0 radical (unpaired) electrons. The minimum Gasteiger partial charge on any atom is -0.477 e. The molecule has 0 aliphatic rings. The van der Waals surface area contributed by atoms with Crippen molar-refractivity contribution in [1.82, 2.24) is 4.98 Å². The Morgan fingerprint density at radius 3 is 2.70 bits per heavy atom. The van der Waals surface area contributed by atoms with E-state index in [2.05, 4.69) is 29.0 Å². The van der Waals surface area contributed by atoms with Gasteiger partial charge in [0, 0.05) is 12.5 Å². The molecular formula is C16H16N2O2. The van der Waals surface area contributed by atoms with Crippen molar-refractivity contribution in [2.75, 3.05) is 11.9 Å². The number of hydrogen-bond acceptors (Lipinski definition) is 3. The van der Waals surface area contributed by atoms with E-state index in [-0.39, 0.29) is 5.91 Å². The molecule has 0 saturated carbocycles. The molecule has 20 heavy (non-hydrogen) atoms. The highest BCUT2D eigenvalue weighted by Crippen LogP contribution is 2.12. The normalized spacial score (nSPS) is 9.80. The number of hydrogen-bond donors (Lipinski definition) is 1. The molecule has 0 bridgehead atoms. The fraction of sp³-hybridized carbons (Fsp3) is 0.125. The highest BCUT2D eigenvalue weighted by atomic mass is 16.5. The first-order chi connectivity index (χ1) is 9.78. The van der Waals surface area contributed by atoms with Crippen LogP contribution in [0.3, 0.4) is 0 Å². The third kappa shape index (κ3) is 4.24. The number of aromatic nitrogens is 1. The highest BCUT2D eigenvalue weighted by molar-refractivity contribution is 5.98. The van der Waals surface area contributed by atoms with Gasteiger partial charge in [-0.15, -0.1) is 0 Å². The van der Waals surface area contributed by atoms with Crippen LogP contribution >= 0.6 is 0 Å². The summed E-state index contributed by atoms with van der Waals surface area (Å²) in [7, 11) is 0. The number of carbonyl (C=O) groups excluding carboxylic acids is 1. The molecule has 1 aromatic heterocycles. The number of rotatable bonds is 6. The van der Waals surface area contributed by atoms with Crippen molar-refractivity contribution < 1.29 is 9.53 Å². The predicted molar refractivity (Wildman–Crippen MR) is 78.7 cm³/mol. The number of pyridine rings is 1. The maximum absolute atomic E-state index is 11.1. The lowest BCUT2D eigenvalue weighted by Crippen LogP contribution is -2.08. The smallest absolute Gasteiger partial charge is 0.247 e. The maximum atomic E-state index is 11.1. The van der Waals surface area contributed by atoms with Gasteiger partial charge >= 0.3 is 0 Å². The van der Waals surface area contributed by atoms with E-state index in [0.717, 1.165) is 6.42 Å². The van der Waals surface area contributed by atoms with Crippen LogP contribution < -0.4 is 10.1 Å². The summed E-state index contributed by atoms with van der Waals surface area (Å²) in [5.74, 6) is 0.280. The average molecular weight is 268 g/mol. The number of carbonyl (C=O) groups is 1. The lowest BCUT2D eigenvalue weighted by Gasteiger charge is -2.06. The quantitative estimate of drug-likeness (QED) is 0.820. The first-order valence-corrected chi connectivity index (χ1v) is 6.34. The van der Waals surface area contributed by atoms with Crippen molar-refractivity contribution in [1.29, 1.82) is 0 Å². The van der Waals surface area contributed by atoms with Gasteiger partial charge in [0.2, 0.25) is 11.8 Å². The van der Waals surface area contributed by atoms with Crippen LogP contribution in [0.25, 0.3) is 0 Å². The van der Waals surface area contributed by atoms with Gasteiger partial charge in [0.1, 0.15) is 0 Å². The first kappa shape index (κ1) is 13.8. The molecule has 102 valence electrons. The van der Waals surface area contributed by atoms with Gasteiger partial charge in [-0.1, -0.05) is 36.9 Å². The minimum atomic E-state index is -0.260. The van der Waals surface area contributed by atoms with E-state index in [9.17, 15) is 4.79 Å². The Balaban J connectivity index is 1.82. The van der Waals surface area contributed by atoms with Gasteiger partial charge in [0.05, 0.1) is 18.5 Å². The van der Waals surface area contributed by atoms with E-state index in [0.29, 0.717) is 18.2 Å². The molecule has 0 atom stereocenters. The molecule has 0 saturated heterocycles. The summed E-state index contributed by atoms with van der Waals surface area (Å²) in [6.45, 7) is 3.95. The van der Waals surface area contributed by atoms with E-state index in [1.807, 2.05) is 18.2 Å². The van der Waals surface area contributed by atoms with Gasteiger partial charge in [-0.05, 0) is 17.7 Å². The monoisotopic (exact) mass is 268 g/mol. The van der Waals surface area contributed by atoms with Crippen molar-refractivity contribution in [2.45, 2.75) is 6.42 Å². The Kier molecular flexibility index (Phi) is 4.89. The van der Waals surface area contributed by atoms with Crippen LogP contribution in [0.4, 0.5) is 5.69 Å². The zero-order chi connectivity index (χ0) is 14.2. The van der Waals surface area contributed by atoms with E-state index in [1.54, 1.807) is 18.3 Å². The Morgan fingerprint density at radius 1 is 1.25 bits per heavy atom. The summed E-state index contributed by atoms with van der Waals surface area (Å²) in [6, 6.07) is 13.6. The number of ether oxygens (including phenoxy) is 1. The Bertz CT molecular complexity index is 565. The van der Waals surface area contributed by atoms with Gasteiger partial charge < -0.3 is 10.1 Å². The largest absolute Gasteiger partial charge is 0.477 e. The third-order valence-electron chi connectivity index (χ3n) is 2.67. The van der Waals surface area contributed by atoms with E-state index in [1.165, 1.54) is 11.6 Å². The Morgan fingerprint density at radius 2 is 2.05 bits per heavy atom. The standard InChI is InChI=1S/C16H16N2O2/c1-2-15(19)18-14-8-9-16(17-12-14)20-11-10-13-6-4-3-5-7-13/h2-9,12H,1,10-11H2,(H,18,19). The van der Waals surface area contributed by atoms with Crippen LogP contribution in [0.15, 0.2) is 61.3 Å². The summed E-state index contributed by atoms with van der Waals surface area (Å²) >= 11 is 0. The summed E-state index contributed by atoms with van der Waals surface area (Å²) < 4.78 is 5.55. The average Bonchev–Trinajstić information content (AvgIpc) is 2.50. The molecule has 1 amide bonds. The van der Waals surface area contributed by atoms with Crippen LogP contribution in [0.5, 0.6) is 5.88 Å². The van der Waals surface area contributed by atoms with Crippen molar-refractivity contribution in [3.8, 4) is 5.88 Å². The number of amides is 1. The predicted octanol–water partition coefficient (Wildman–Crippen LogP) is 2.83. The summed E-state index contributed by atoms with van der Waals surface area (Å²) in [5.41, 5.74) is 1.84. The van der Waals surface area contributed by atoms with Gasteiger partial charge in [0.25, 0.3) is 0 Å². The van der Waals surface area contributed by atoms with E-state index < -0.39 is 0 Å². The lowest BCUT2D eigenvalue weighted by atomic mass is 10.2. The van der Waals surface area contributed by atoms with Crippen LogP contribution in [-0.4, -0.2) is 17.5 Å². The second-order valence-corrected chi connectivity index (χ2v) is 4.16. The van der Waals surface area contributed by atoms with Crippen molar-refractivity contribution >= 4 is 11.6 Å². The van der Waals surface area contributed by atoms with Crippen LogP contribution in [0.1, 0.15) is 5.56 Å². The SMILES string of the molecule is C=CC(=O)Nc1ccc(OCCc2ccccc2)nc1. The molecule has 1 N–H and O–H groups in total. The molecule has 2 rings (SSSR count).